The largest absolute Gasteiger partial charge is 0.493 e. The first-order valence-corrected chi connectivity index (χ1v) is 9.48. The highest BCUT2D eigenvalue weighted by Crippen LogP contribution is 2.33. The molecule has 0 N–H and O–H groups in total. The van der Waals surface area contributed by atoms with Crippen LogP contribution < -0.4 is 14.2 Å². The third kappa shape index (κ3) is 4.91. The van der Waals surface area contributed by atoms with Crippen molar-refractivity contribution in [2.45, 2.75) is 6.42 Å². The highest BCUT2D eigenvalue weighted by atomic mass is 32.1. The lowest BCUT2D eigenvalue weighted by Crippen LogP contribution is -2.11. The van der Waals surface area contributed by atoms with Gasteiger partial charge >= 0.3 is 11.9 Å². The van der Waals surface area contributed by atoms with Gasteiger partial charge in [-0.15, -0.1) is 11.3 Å². The molecule has 3 rings (SSSR count). The van der Waals surface area contributed by atoms with E-state index in [1.165, 1.54) is 30.6 Å². The Bertz CT molecular complexity index is 1010. The van der Waals surface area contributed by atoms with Crippen LogP contribution in [0.25, 0.3) is 10.6 Å². The minimum atomic E-state index is -0.451. The molecular formula is C21H19NO6S. The molecule has 0 atom stereocenters. The van der Waals surface area contributed by atoms with Crippen LogP contribution in [0.5, 0.6) is 17.2 Å². The number of nitrogens with zero attached hydrogens (tertiary/aromatic N) is 1. The molecule has 0 fully saturated rings. The number of carbonyl (C=O) groups is 2. The summed E-state index contributed by atoms with van der Waals surface area (Å²) >= 11 is 1.42. The molecule has 0 saturated heterocycles. The van der Waals surface area contributed by atoms with Crippen LogP contribution >= 0.6 is 11.3 Å². The molecule has 0 amide bonds. The van der Waals surface area contributed by atoms with Crippen LogP contribution in [0.3, 0.4) is 0 Å². The molecule has 1 aromatic heterocycles. The molecule has 150 valence electrons. The fourth-order valence-corrected chi connectivity index (χ4v) is 3.40. The van der Waals surface area contributed by atoms with Gasteiger partial charge < -0.3 is 18.9 Å². The molecule has 1 heterocycles. The van der Waals surface area contributed by atoms with Crippen molar-refractivity contribution in [2.75, 3.05) is 21.3 Å². The molecule has 0 unspecified atom stereocenters. The summed E-state index contributed by atoms with van der Waals surface area (Å²) < 4.78 is 20.5. The van der Waals surface area contributed by atoms with Crippen LogP contribution in [0.4, 0.5) is 0 Å². The normalized spacial score (nSPS) is 10.3. The van der Waals surface area contributed by atoms with Gasteiger partial charge in [-0.3, -0.25) is 4.79 Å². The number of hydrogen-bond acceptors (Lipinski definition) is 8. The lowest BCUT2D eigenvalue weighted by atomic mass is 10.2. The van der Waals surface area contributed by atoms with Gasteiger partial charge in [0.2, 0.25) is 0 Å². The maximum Gasteiger partial charge on any atom is 0.337 e. The lowest BCUT2D eigenvalue weighted by molar-refractivity contribution is -0.133. The van der Waals surface area contributed by atoms with Crippen molar-refractivity contribution in [2.24, 2.45) is 0 Å². The number of hydrogen-bond donors (Lipinski definition) is 0. The van der Waals surface area contributed by atoms with Crippen LogP contribution in [-0.2, 0) is 16.0 Å². The maximum absolute atomic E-state index is 12.2. The van der Waals surface area contributed by atoms with Crippen LogP contribution in [0.1, 0.15) is 16.1 Å². The summed E-state index contributed by atoms with van der Waals surface area (Å²) in [5.74, 6) is 0.692. The number of esters is 2. The third-order valence-corrected chi connectivity index (χ3v) is 4.95. The first-order chi connectivity index (χ1) is 14.0. The maximum atomic E-state index is 12.2. The molecule has 0 bridgehead atoms. The van der Waals surface area contributed by atoms with Crippen molar-refractivity contribution in [3.63, 3.8) is 0 Å². The molecule has 7 nitrogen and oxygen atoms in total. The summed E-state index contributed by atoms with van der Waals surface area (Å²) in [7, 11) is 4.46. The van der Waals surface area contributed by atoms with Gasteiger partial charge in [0, 0.05) is 10.9 Å². The Morgan fingerprint density at radius 1 is 0.966 bits per heavy atom. The second-order valence-corrected chi connectivity index (χ2v) is 6.74. The summed E-state index contributed by atoms with van der Waals surface area (Å²) in [5.41, 5.74) is 1.85. The zero-order chi connectivity index (χ0) is 20.8. The minimum absolute atomic E-state index is 0.0303. The number of carbonyl (C=O) groups excluding carboxylic acids is 2. The second-order valence-electron chi connectivity index (χ2n) is 5.88. The number of ether oxygens (including phenoxy) is 4. The van der Waals surface area contributed by atoms with E-state index >= 15 is 0 Å². The second kappa shape index (κ2) is 9.20. The Morgan fingerprint density at radius 2 is 1.69 bits per heavy atom. The van der Waals surface area contributed by atoms with E-state index < -0.39 is 11.9 Å². The van der Waals surface area contributed by atoms with Crippen LogP contribution in [0, 0.1) is 0 Å². The van der Waals surface area contributed by atoms with E-state index in [0.29, 0.717) is 28.5 Å². The van der Waals surface area contributed by atoms with Gasteiger partial charge in [-0.05, 0) is 42.5 Å². The highest BCUT2D eigenvalue weighted by Gasteiger charge is 2.13. The van der Waals surface area contributed by atoms with Crippen molar-refractivity contribution in [3.8, 4) is 27.8 Å². The summed E-state index contributed by atoms with van der Waals surface area (Å²) in [5, 5.41) is 2.57. The predicted octanol–water partition coefficient (Wildman–Crippen LogP) is 3.76. The van der Waals surface area contributed by atoms with E-state index in [9.17, 15) is 9.59 Å². The molecular weight excluding hydrogens is 394 g/mol. The SMILES string of the molecule is COC(=O)c1ccc(OC(=O)Cc2csc(-c3ccc(OC)c(OC)c3)n2)cc1. The fourth-order valence-electron chi connectivity index (χ4n) is 2.58. The Morgan fingerprint density at radius 3 is 2.34 bits per heavy atom. The van der Waals surface area contributed by atoms with E-state index in [1.807, 2.05) is 23.6 Å². The van der Waals surface area contributed by atoms with Gasteiger partial charge in [0.25, 0.3) is 0 Å². The van der Waals surface area contributed by atoms with Crippen molar-refractivity contribution in [1.29, 1.82) is 0 Å². The van der Waals surface area contributed by atoms with Crippen LogP contribution in [-0.4, -0.2) is 38.3 Å². The highest BCUT2D eigenvalue weighted by molar-refractivity contribution is 7.13. The van der Waals surface area contributed by atoms with Gasteiger partial charge in [0.15, 0.2) is 11.5 Å². The predicted molar refractivity (Wildman–Crippen MR) is 108 cm³/mol. The third-order valence-electron chi connectivity index (χ3n) is 4.01. The zero-order valence-corrected chi connectivity index (χ0v) is 16.9. The Balaban J connectivity index is 1.65. The van der Waals surface area contributed by atoms with Crippen LogP contribution in [0.2, 0.25) is 0 Å². The van der Waals surface area contributed by atoms with Gasteiger partial charge in [-0.2, -0.15) is 0 Å². The molecule has 0 aliphatic heterocycles. The molecule has 0 aliphatic carbocycles. The molecule has 3 aromatic rings. The number of thiazole rings is 1. The number of aromatic nitrogens is 1. The standard InChI is InChI=1S/C21H19NO6S/c1-25-17-9-6-14(10-18(17)26-2)20-22-15(12-29-20)11-19(23)28-16-7-4-13(5-8-16)21(24)27-3/h4-10,12H,11H2,1-3H3. The molecule has 0 saturated carbocycles. The van der Waals surface area contributed by atoms with E-state index in [-0.39, 0.29) is 6.42 Å². The molecule has 8 heteroatoms. The summed E-state index contributed by atoms with van der Waals surface area (Å²) in [6.07, 6.45) is 0.0303. The molecule has 0 spiro atoms. The van der Waals surface area contributed by atoms with Crippen molar-refractivity contribution >= 4 is 23.3 Å². The number of benzene rings is 2. The minimum Gasteiger partial charge on any atom is -0.493 e. The van der Waals surface area contributed by atoms with Gasteiger partial charge in [0.1, 0.15) is 10.8 Å². The lowest BCUT2D eigenvalue weighted by Gasteiger charge is -2.08. The average Bonchev–Trinajstić information content (AvgIpc) is 3.21. The smallest absolute Gasteiger partial charge is 0.337 e. The number of methoxy groups -OCH3 is 3. The Kier molecular flexibility index (Phi) is 6.46. The summed E-state index contributed by atoms with van der Waals surface area (Å²) in [6.45, 7) is 0. The van der Waals surface area contributed by atoms with Crippen molar-refractivity contribution in [1.82, 2.24) is 4.98 Å². The number of rotatable bonds is 7. The molecule has 2 aromatic carbocycles. The average molecular weight is 413 g/mol. The fraction of sp³-hybridized carbons (Fsp3) is 0.190. The van der Waals surface area contributed by atoms with Gasteiger partial charge in [-0.25, -0.2) is 9.78 Å². The summed E-state index contributed by atoms with van der Waals surface area (Å²) in [4.78, 5) is 28.1. The quantitative estimate of drug-likeness (QED) is 0.431. The topological polar surface area (TPSA) is 84.0 Å². The van der Waals surface area contributed by atoms with Gasteiger partial charge in [-0.1, -0.05) is 0 Å². The Labute approximate surface area is 171 Å². The molecule has 29 heavy (non-hydrogen) atoms. The molecule has 0 aliphatic rings. The van der Waals surface area contributed by atoms with E-state index in [4.69, 9.17) is 14.2 Å². The van der Waals surface area contributed by atoms with E-state index in [0.717, 1.165) is 10.6 Å². The van der Waals surface area contributed by atoms with Crippen LogP contribution in [0.15, 0.2) is 47.8 Å². The Hall–Kier alpha value is -3.39. The first kappa shape index (κ1) is 20.3. The first-order valence-electron chi connectivity index (χ1n) is 8.60. The monoisotopic (exact) mass is 413 g/mol. The zero-order valence-electron chi connectivity index (χ0n) is 16.1. The van der Waals surface area contributed by atoms with E-state index in [1.54, 1.807) is 26.4 Å². The van der Waals surface area contributed by atoms with Crippen molar-refractivity contribution < 1.29 is 28.5 Å². The molecule has 0 radical (unpaired) electrons. The summed E-state index contributed by atoms with van der Waals surface area (Å²) in [6, 6.07) is 11.7. The van der Waals surface area contributed by atoms with Crippen molar-refractivity contribution in [3.05, 3.63) is 59.1 Å². The van der Waals surface area contributed by atoms with E-state index in [2.05, 4.69) is 9.72 Å². The van der Waals surface area contributed by atoms with Gasteiger partial charge in [0.05, 0.1) is 39.0 Å².